The van der Waals surface area contributed by atoms with Crippen molar-refractivity contribution in [2.45, 2.75) is 13.3 Å². The Morgan fingerprint density at radius 2 is 2.15 bits per heavy atom. The largest absolute Gasteiger partial charge is 0.462 e. The van der Waals surface area contributed by atoms with Crippen molar-refractivity contribution < 1.29 is 19.2 Å². The Kier molecular flexibility index (Phi) is 5.17. The van der Waals surface area contributed by atoms with Crippen LogP contribution in [0.3, 0.4) is 0 Å². The summed E-state index contributed by atoms with van der Waals surface area (Å²) >= 11 is 0. The van der Waals surface area contributed by atoms with Gasteiger partial charge in [0.1, 0.15) is 6.42 Å². The fourth-order valence-electron chi connectivity index (χ4n) is 1.40. The number of nitro benzene ring substituents is 1. The standard InChI is InChI=1S/C12H11N3O5/c1-2-20-12(17)8-5-9(14-11(16)3-4-13)7-10(6-8)15(18)19/h5-7H,2-3H2,1H3,(H,14,16). The molecule has 8 nitrogen and oxygen atoms in total. The third kappa shape index (κ3) is 4.06. The average molecular weight is 277 g/mol. The first kappa shape index (κ1) is 15.1. The fraction of sp³-hybridized carbons (Fsp3) is 0.250. The molecule has 0 aliphatic carbocycles. The van der Waals surface area contributed by atoms with Gasteiger partial charge in [-0.2, -0.15) is 5.26 Å². The molecule has 1 amide bonds. The van der Waals surface area contributed by atoms with Gasteiger partial charge in [-0.25, -0.2) is 4.79 Å². The normalized spacial score (nSPS) is 9.40. The van der Waals surface area contributed by atoms with Crippen molar-refractivity contribution in [3.63, 3.8) is 0 Å². The van der Waals surface area contributed by atoms with E-state index in [1.807, 2.05) is 0 Å². The van der Waals surface area contributed by atoms with Gasteiger partial charge >= 0.3 is 5.97 Å². The molecule has 0 aliphatic heterocycles. The molecule has 0 heterocycles. The van der Waals surface area contributed by atoms with Crippen LogP contribution in [0.2, 0.25) is 0 Å². The summed E-state index contributed by atoms with van der Waals surface area (Å²) < 4.78 is 4.74. The molecule has 20 heavy (non-hydrogen) atoms. The maximum atomic E-state index is 11.6. The number of hydrogen-bond donors (Lipinski definition) is 1. The Morgan fingerprint density at radius 1 is 1.45 bits per heavy atom. The lowest BCUT2D eigenvalue weighted by molar-refractivity contribution is -0.384. The second-order valence-corrected chi connectivity index (χ2v) is 3.63. The minimum atomic E-state index is -0.730. The molecule has 1 rings (SSSR count). The summed E-state index contributed by atoms with van der Waals surface area (Å²) in [6.07, 6.45) is -0.391. The molecular weight excluding hydrogens is 266 g/mol. The Labute approximate surface area is 114 Å². The number of nitrogens with one attached hydrogen (secondary N) is 1. The van der Waals surface area contributed by atoms with Crippen LogP contribution in [0.15, 0.2) is 18.2 Å². The average Bonchev–Trinajstić information content (AvgIpc) is 2.38. The number of nitrogens with zero attached hydrogens (tertiary/aromatic N) is 2. The molecule has 1 aromatic rings. The van der Waals surface area contributed by atoms with Gasteiger partial charge in [-0.1, -0.05) is 0 Å². The molecule has 0 atom stereocenters. The van der Waals surface area contributed by atoms with Crippen molar-refractivity contribution in [2.75, 3.05) is 11.9 Å². The first-order valence-electron chi connectivity index (χ1n) is 5.61. The molecule has 0 radical (unpaired) electrons. The van der Waals surface area contributed by atoms with Crippen LogP contribution in [0.25, 0.3) is 0 Å². The number of amides is 1. The van der Waals surface area contributed by atoms with Crippen molar-refractivity contribution in [2.24, 2.45) is 0 Å². The van der Waals surface area contributed by atoms with Gasteiger partial charge < -0.3 is 10.1 Å². The van der Waals surface area contributed by atoms with Gasteiger partial charge in [0.05, 0.1) is 23.2 Å². The molecular formula is C12H11N3O5. The van der Waals surface area contributed by atoms with E-state index in [0.717, 1.165) is 12.1 Å². The number of rotatable bonds is 5. The van der Waals surface area contributed by atoms with E-state index < -0.39 is 23.2 Å². The van der Waals surface area contributed by atoms with Gasteiger partial charge in [-0.05, 0) is 13.0 Å². The van der Waals surface area contributed by atoms with Gasteiger partial charge in [0.25, 0.3) is 5.69 Å². The predicted octanol–water partition coefficient (Wildman–Crippen LogP) is 1.62. The zero-order valence-corrected chi connectivity index (χ0v) is 10.6. The molecule has 8 heteroatoms. The molecule has 0 saturated carbocycles. The van der Waals surface area contributed by atoms with Crippen molar-refractivity contribution in [3.8, 4) is 6.07 Å². The van der Waals surface area contributed by atoms with E-state index in [9.17, 15) is 19.7 Å². The van der Waals surface area contributed by atoms with Crippen molar-refractivity contribution in [1.82, 2.24) is 0 Å². The van der Waals surface area contributed by atoms with E-state index in [2.05, 4.69) is 5.32 Å². The summed E-state index contributed by atoms with van der Waals surface area (Å²) in [5.41, 5.74) is -0.348. The second-order valence-electron chi connectivity index (χ2n) is 3.63. The minimum absolute atomic E-state index is 0.0479. The van der Waals surface area contributed by atoms with Crippen molar-refractivity contribution in [3.05, 3.63) is 33.9 Å². The van der Waals surface area contributed by atoms with Gasteiger partial charge in [0.15, 0.2) is 0 Å². The zero-order chi connectivity index (χ0) is 15.1. The molecule has 0 saturated heterocycles. The Hall–Kier alpha value is -2.95. The van der Waals surface area contributed by atoms with E-state index in [4.69, 9.17) is 10.00 Å². The van der Waals surface area contributed by atoms with E-state index >= 15 is 0 Å². The number of carbonyl (C=O) groups is 2. The van der Waals surface area contributed by atoms with Crippen LogP contribution >= 0.6 is 0 Å². The van der Waals surface area contributed by atoms with E-state index in [1.165, 1.54) is 6.07 Å². The number of ether oxygens (including phenoxy) is 1. The molecule has 0 spiro atoms. The number of non-ortho nitro benzene ring substituents is 1. The van der Waals surface area contributed by atoms with Gasteiger partial charge in [0.2, 0.25) is 5.91 Å². The van der Waals surface area contributed by atoms with Crippen LogP contribution in [0.1, 0.15) is 23.7 Å². The molecule has 1 N–H and O–H groups in total. The summed E-state index contributed by atoms with van der Waals surface area (Å²) in [5, 5.41) is 21.5. The van der Waals surface area contributed by atoms with Crippen LogP contribution in [0.5, 0.6) is 0 Å². The lowest BCUT2D eigenvalue weighted by Gasteiger charge is -2.06. The monoisotopic (exact) mass is 277 g/mol. The number of anilines is 1. The second kappa shape index (κ2) is 6.84. The first-order valence-corrected chi connectivity index (χ1v) is 5.61. The molecule has 0 unspecified atom stereocenters. The summed E-state index contributed by atoms with van der Waals surface area (Å²) in [5.74, 6) is -1.35. The molecule has 0 fully saturated rings. The maximum absolute atomic E-state index is 11.6. The lowest BCUT2D eigenvalue weighted by Crippen LogP contribution is -2.12. The van der Waals surface area contributed by atoms with Crippen LogP contribution in [-0.4, -0.2) is 23.4 Å². The summed E-state index contributed by atoms with van der Waals surface area (Å²) in [4.78, 5) is 32.9. The van der Waals surface area contributed by atoms with Gasteiger partial charge in [-0.15, -0.1) is 0 Å². The highest BCUT2D eigenvalue weighted by atomic mass is 16.6. The predicted molar refractivity (Wildman–Crippen MR) is 67.9 cm³/mol. The summed E-state index contributed by atoms with van der Waals surface area (Å²) in [6, 6.07) is 5.04. The van der Waals surface area contributed by atoms with Crippen LogP contribution < -0.4 is 5.32 Å². The van der Waals surface area contributed by atoms with E-state index in [-0.39, 0.29) is 23.5 Å². The number of hydrogen-bond acceptors (Lipinski definition) is 6. The first-order chi connectivity index (χ1) is 9.47. The number of nitro groups is 1. The van der Waals surface area contributed by atoms with Gasteiger partial charge in [-0.3, -0.25) is 14.9 Å². The zero-order valence-electron chi connectivity index (χ0n) is 10.6. The Bertz CT molecular complexity index is 591. The molecule has 0 aromatic heterocycles. The highest BCUT2D eigenvalue weighted by Crippen LogP contribution is 2.21. The number of carbonyl (C=O) groups excluding carboxylic acids is 2. The fourth-order valence-corrected chi connectivity index (χ4v) is 1.40. The van der Waals surface area contributed by atoms with Crippen LogP contribution in [-0.2, 0) is 9.53 Å². The minimum Gasteiger partial charge on any atom is -0.462 e. The molecule has 1 aromatic carbocycles. The highest BCUT2D eigenvalue weighted by molar-refractivity contribution is 5.96. The number of nitriles is 1. The summed E-state index contributed by atoms with van der Waals surface area (Å²) in [7, 11) is 0. The quantitative estimate of drug-likeness (QED) is 0.495. The van der Waals surface area contributed by atoms with E-state index in [0.29, 0.717) is 0 Å². The third-order valence-electron chi connectivity index (χ3n) is 2.16. The maximum Gasteiger partial charge on any atom is 0.338 e. The number of benzene rings is 1. The molecule has 0 aliphatic rings. The van der Waals surface area contributed by atoms with Crippen LogP contribution in [0.4, 0.5) is 11.4 Å². The molecule has 104 valence electrons. The van der Waals surface area contributed by atoms with Gasteiger partial charge in [0, 0.05) is 17.8 Å². The number of esters is 1. The Morgan fingerprint density at radius 3 is 2.70 bits per heavy atom. The summed E-state index contributed by atoms with van der Waals surface area (Å²) in [6.45, 7) is 1.72. The SMILES string of the molecule is CCOC(=O)c1cc(NC(=O)CC#N)cc([N+](=O)[O-])c1. The highest BCUT2D eigenvalue weighted by Gasteiger charge is 2.16. The van der Waals surface area contributed by atoms with Crippen molar-refractivity contribution >= 4 is 23.3 Å². The van der Waals surface area contributed by atoms with Crippen molar-refractivity contribution in [1.29, 1.82) is 5.26 Å². The lowest BCUT2D eigenvalue weighted by atomic mass is 10.1. The smallest absolute Gasteiger partial charge is 0.338 e. The third-order valence-corrected chi connectivity index (χ3v) is 2.16. The van der Waals surface area contributed by atoms with E-state index in [1.54, 1.807) is 13.0 Å². The molecule has 0 bridgehead atoms. The van der Waals surface area contributed by atoms with Crippen LogP contribution in [0, 0.1) is 21.4 Å². The topological polar surface area (TPSA) is 122 Å². The Balaban J connectivity index is 3.11.